The largest absolute Gasteiger partial charge is 0.334 e. The van der Waals surface area contributed by atoms with Gasteiger partial charge in [-0.15, -0.1) is 0 Å². The fourth-order valence-electron chi connectivity index (χ4n) is 1.01. The summed E-state index contributed by atoms with van der Waals surface area (Å²) in [4.78, 5) is 4.13. The number of imidazole rings is 1. The van der Waals surface area contributed by atoms with Crippen LogP contribution in [0, 0.1) is 6.07 Å². The highest BCUT2D eigenvalue weighted by atomic mass is 15.0. The van der Waals surface area contributed by atoms with Gasteiger partial charge in [0, 0.05) is 13.1 Å². The van der Waals surface area contributed by atoms with E-state index in [-0.39, 0.29) is 0 Å². The van der Waals surface area contributed by atoms with Crippen LogP contribution in [0.15, 0.2) is 24.5 Å². The molecule has 0 aliphatic carbocycles. The van der Waals surface area contributed by atoms with Crippen molar-refractivity contribution in [2.75, 3.05) is 0 Å². The van der Waals surface area contributed by atoms with Crippen molar-refractivity contribution in [2.45, 2.75) is 0 Å². The van der Waals surface area contributed by atoms with Crippen LogP contribution in [0.25, 0.3) is 11.0 Å². The molecular weight excluding hydrogens is 124 g/mol. The van der Waals surface area contributed by atoms with Crippen molar-refractivity contribution < 1.29 is 0 Å². The number of para-hydroxylation sites is 1. The van der Waals surface area contributed by atoms with Gasteiger partial charge < -0.3 is 4.57 Å². The fourth-order valence-corrected chi connectivity index (χ4v) is 1.01. The highest BCUT2D eigenvalue weighted by Crippen LogP contribution is 2.08. The third kappa shape index (κ3) is 0.620. The lowest BCUT2D eigenvalue weighted by Gasteiger charge is -1.89. The molecule has 49 valence electrons. The highest BCUT2D eigenvalue weighted by Gasteiger charge is 1.94. The van der Waals surface area contributed by atoms with Gasteiger partial charge in [0.05, 0.1) is 17.4 Å². The molecule has 2 nitrogen and oxygen atoms in total. The van der Waals surface area contributed by atoms with Gasteiger partial charge in [-0.2, -0.15) is 0 Å². The summed E-state index contributed by atoms with van der Waals surface area (Å²) in [5.74, 6) is 0. The Labute approximate surface area is 59.1 Å². The van der Waals surface area contributed by atoms with Crippen molar-refractivity contribution in [3.63, 3.8) is 0 Å². The summed E-state index contributed by atoms with van der Waals surface area (Å²) in [5.41, 5.74) is 2.06. The first-order valence-corrected chi connectivity index (χ1v) is 3.15. The summed E-state index contributed by atoms with van der Waals surface area (Å²) in [5, 5.41) is 0. The van der Waals surface area contributed by atoms with Crippen LogP contribution in [-0.4, -0.2) is 9.55 Å². The van der Waals surface area contributed by atoms with Crippen LogP contribution in [0.2, 0.25) is 0 Å². The van der Waals surface area contributed by atoms with Crippen LogP contribution in [0.5, 0.6) is 0 Å². The van der Waals surface area contributed by atoms with E-state index in [0.717, 1.165) is 11.0 Å². The Hall–Kier alpha value is -1.31. The minimum Gasteiger partial charge on any atom is -0.334 e. The molecule has 0 atom stereocenters. The predicted molar refractivity (Wildman–Crippen MR) is 39.6 cm³/mol. The summed E-state index contributed by atoms with van der Waals surface area (Å²) in [7, 11) is 1.98. The first-order chi connectivity index (χ1) is 4.88. The zero-order valence-electron chi connectivity index (χ0n) is 5.70. The molecule has 2 heteroatoms. The molecule has 0 spiro atoms. The number of fused-ring (bicyclic) bond motifs is 1. The van der Waals surface area contributed by atoms with Crippen molar-refractivity contribution in [3.8, 4) is 0 Å². The number of rotatable bonds is 0. The van der Waals surface area contributed by atoms with Crippen molar-refractivity contribution in [1.29, 1.82) is 0 Å². The molecule has 0 amide bonds. The van der Waals surface area contributed by atoms with Crippen LogP contribution >= 0.6 is 0 Å². The van der Waals surface area contributed by atoms with Crippen molar-refractivity contribution >= 4 is 11.0 Å². The van der Waals surface area contributed by atoms with Gasteiger partial charge in [0.1, 0.15) is 0 Å². The van der Waals surface area contributed by atoms with E-state index >= 15 is 0 Å². The van der Waals surface area contributed by atoms with Crippen LogP contribution in [0.1, 0.15) is 0 Å². The molecule has 2 rings (SSSR count). The number of hydrogen-bond acceptors (Lipinski definition) is 1. The minimum absolute atomic E-state index is 0.935. The first kappa shape index (κ1) is 5.47. The Morgan fingerprint density at radius 3 is 3.30 bits per heavy atom. The van der Waals surface area contributed by atoms with E-state index < -0.39 is 0 Å². The minimum atomic E-state index is 0.935. The molecule has 0 aliphatic heterocycles. The molecule has 0 N–H and O–H groups in total. The SMILES string of the molecule is Cn1cnc2[c]cccc21. The van der Waals surface area contributed by atoms with Crippen molar-refractivity contribution in [2.24, 2.45) is 7.05 Å². The lowest BCUT2D eigenvalue weighted by molar-refractivity contribution is 0.948. The Morgan fingerprint density at radius 1 is 1.60 bits per heavy atom. The van der Waals surface area contributed by atoms with Gasteiger partial charge in [-0.05, 0) is 6.07 Å². The smallest absolute Gasteiger partial charge is 0.0963 e. The first-order valence-electron chi connectivity index (χ1n) is 3.15. The standard InChI is InChI=1S/C8H7N2/c1-10-6-9-7-4-2-3-5-8(7)10/h2-3,5-6H,1H3. The molecule has 0 fully saturated rings. The molecule has 10 heavy (non-hydrogen) atoms. The average molecular weight is 131 g/mol. The predicted octanol–water partition coefficient (Wildman–Crippen LogP) is 1.37. The molecule has 0 bridgehead atoms. The Morgan fingerprint density at radius 2 is 2.50 bits per heavy atom. The summed E-state index contributed by atoms with van der Waals surface area (Å²) in [6.07, 6.45) is 1.79. The van der Waals surface area contributed by atoms with Crippen molar-refractivity contribution in [1.82, 2.24) is 9.55 Å². The molecule has 0 unspecified atom stereocenters. The lowest BCUT2D eigenvalue weighted by atomic mass is 10.3. The molecule has 1 radical (unpaired) electrons. The van der Waals surface area contributed by atoms with Crippen LogP contribution in [-0.2, 0) is 7.05 Å². The third-order valence-electron chi connectivity index (χ3n) is 1.55. The molecule has 1 aromatic carbocycles. The maximum atomic E-state index is 4.13. The van der Waals surface area contributed by atoms with E-state index in [1.54, 1.807) is 6.33 Å². The van der Waals surface area contributed by atoms with E-state index in [2.05, 4.69) is 11.1 Å². The quantitative estimate of drug-likeness (QED) is 0.528. The number of nitrogens with zero attached hydrogens (tertiary/aromatic N) is 2. The molecule has 0 saturated heterocycles. The van der Waals surface area contributed by atoms with E-state index in [4.69, 9.17) is 0 Å². The Kier molecular flexibility index (Phi) is 1.01. The third-order valence-corrected chi connectivity index (χ3v) is 1.55. The molecule has 0 aliphatic rings. The number of hydrogen-bond donors (Lipinski definition) is 0. The number of benzene rings is 1. The second-order valence-electron chi connectivity index (χ2n) is 2.26. The Bertz CT molecular complexity index is 349. The summed E-state index contributed by atoms with van der Waals surface area (Å²) in [6, 6.07) is 8.90. The van der Waals surface area contributed by atoms with Crippen LogP contribution in [0.4, 0.5) is 0 Å². The summed E-state index contributed by atoms with van der Waals surface area (Å²) >= 11 is 0. The maximum Gasteiger partial charge on any atom is 0.0963 e. The van der Waals surface area contributed by atoms with Gasteiger partial charge in [-0.25, -0.2) is 4.98 Å². The normalized spacial score (nSPS) is 10.5. The zero-order chi connectivity index (χ0) is 6.97. The average Bonchev–Trinajstić information content (AvgIpc) is 2.34. The van der Waals surface area contributed by atoms with E-state index in [0.29, 0.717) is 0 Å². The van der Waals surface area contributed by atoms with Gasteiger partial charge in [-0.3, -0.25) is 0 Å². The topological polar surface area (TPSA) is 17.8 Å². The summed E-state index contributed by atoms with van der Waals surface area (Å²) < 4.78 is 1.98. The molecule has 1 heterocycles. The Balaban J connectivity index is 2.93. The van der Waals surface area contributed by atoms with Gasteiger partial charge >= 0.3 is 0 Å². The summed E-state index contributed by atoms with van der Waals surface area (Å²) in [6.45, 7) is 0. The highest BCUT2D eigenvalue weighted by molar-refractivity contribution is 5.74. The van der Waals surface area contributed by atoms with Gasteiger partial charge in [0.25, 0.3) is 0 Å². The van der Waals surface area contributed by atoms with Crippen molar-refractivity contribution in [3.05, 3.63) is 30.6 Å². The monoisotopic (exact) mass is 131 g/mol. The second-order valence-corrected chi connectivity index (χ2v) is 2.26. The molecule has 2 aromatic rings. The zero-order valence-corrected chi connectivity index (χ0v) is 5.70. The van der Waals surface area contributed by atoms with Gasteiger partial charge in [-0.1, -0.05) is 12.1 Å². The van der Waals surface area contributed by atoms with Crippen LogP contribution < -0.4 is 0 Å². The lowest BCUT2D eigenvalue weighted by Crippen LogP contribution is -1.81. The fraction of sp³-hybridized carbons (Fsp3) is 0.125. The van der Waals surface area contributed by atoms with Gasteiger partial charge in [0.15, 0.2) is 0 Å². The molecular formula is C8H7N2. The number of aromatic nitrogens is 2. The molecule has 0 saturated carbocycles. The van der Waals surface area contributed by atoms with Gasteiger partial charge in [0.2, 0.25) is 0 Å². The van der Waals surface area contributed by atoms with Crippen LogP contribution in [0.3, 0.4) is 0 Å². The number of aryl methyl sites for hydroxylation is 1. The van der Waals surface area contributed by atoms with E-state index in [9.17, 15) is 0 Å². The van der Waals surface area contributed by atoms with E-state index in [1.165, 1.54) is 0 Å². The van der Waals surface area contributed by atoms with E-state index in [1.807, 2.05) is 29.8 Å². The second kappa shape index (κ2) is 1.84. The molecule has 1 aromatic heterocycles. The maximum absolute atomic E-state index is 4.13.